The first-order valence-electron chi connectivity index (χ1n) is 14.1. The summed E-state index contributed by atoms with van der Waals surface area (Å²) >= 11 is 1.77. The van der Waals surface area contributed by atoms with Gasteiger partial charge in [0.2, 0.25) is 5.78 Å². The molecule has 196 valence electrons. The molecule has 9 rings (SSSR count). The maximum absolute atomic E-state index is 4.88. The molecule has 42 heavy (non-hydrogen) atoms. The van der Waals surface area contributed by atoms with Gasteiger partial charge in [0.05, 0.1) is 0 Å². The molecule has 3 aromatic heterocycles. The van der Waals surface area contributed by atoms with E-state index in [-0.39, 0.29) is 0 Å². The van der Waals surface area contributed by atoms with Crippen molar-refractivity contribution in [3.05, 3.63) is 140 Å². The van der Waals surface area contributed by atoms with Gasteiger partial charge in [-0.1, -0.05) is 115 Å². The van der Waals surface area contributed by atoms with Crippen molar-refractivity contribution in [1.29, 1.82) is 0 Å². The summed E-state index contributed by atoms with van der Waals surface area (Å²) in [6.45, 7) is 0. The summed E-state index contributed by atoms with van der Waals surface area (Å²) in [5, 5.41) is 6.17. The number of fused-ring (bicyclic) bond motifs is 7. The zero-order chi connectivity index (χ0) is 27.6. The van der Waals surface area contributed by atoms with E-state index in [1.807, 2.05) is 6.20 Å². The maximum atomic E-state index is 4.88. The molecule has 0 radical (unpaired) electrons. The van der Waals surface area contributed by atoms with Gasteiger partial charge in [0.25, 0.3) is 0 Å². The van der Waals surface area contributed by atoms with Crippen LogP contribution in [0.15, 0.2) is 140 Å². The average Bonchev–Trinajstić information content (AvgIpc) is 3.60. The lowest BCUT2D eigenvalue weighted by atomic mass is 9.85. The molecule has 0 bridgehead atoms. The van der Waals surface area contributed by atoms with E-state index in [1.165, 1.54) is 53.9 Å². The second-order valence-electron chi connectivity index (χ2n) is 10.7. The van der Waals surface area contributed by atoms with Crippen LogP contribution in [0.5, 0.6) is 0 Å². The smallest absolute Gasteiger partial charge is 0.235 e. The molecule has 0 aliphatic carbocycles. The molecular weight excluding hydrogens is 531 g/mol. The number of benzene rings is 6. The highest BCUT2D eigenvalue weighted by molar-refractivity contribution is 7.25. The van der Waals surface area contributed by atoms with Crippen molar-refractivity contribution in [2.24, 2.45) is 0 Å². The van der Waals surface area contributed by atoms with E-state index in [9.17, 15) is 0 Å². The Balaban J connectivity index is 1.35. The third-order valence-corrected chi connectivity index (χ3v) is 9.43. The average molecular weight is 554 g/mol. The molecule has 0 fully saturated rings. The Hall–Kier alpha value is -5.32. The van der Waals surface area contributed by atoms with Gasteiger partial charge in [-0.3, -0.25) is 4.40 Å². The van der Waals surface area contributed by atoms with Gasteiger partial charge in [-0.2, -0.15) is 0 Å². The SMILES string of the molecule is c1ccc(-c2c3ccccc3c(-c3ccccc3)c3cc(-c4cnc5nc6c7ccccc7sc6n5c4)ccc23)cc1. The van der Waals surface area contributed by atoms with Crippen LogP contribution in [0.25, 0.3) is 81.1 Å². The van der Waals surface area contributed by atoms with Gasteiger partial charge in [0.15, 0.2) is 0 Å². The van der Waals surface area contributed by atoms with Crippen LogP contribution in [0.1, 0.15) is 0 Å². The van der Waals surface area contributed by atoms with Crippen molar-refractivity contribution in [1.82, 2.24) is 14.4 Å². The molecule has 0 unspecified atom stereocenters. The highest BCUT2D eigenvalue weighted by Crippen LogP contribution is 2.44. The van der Waals surface area contributed by atoms with E-state index in [4.69, 9.17) is 9.97 Å². The van der Waals surface area contributed by atoms with Crippen LogP contribution >= 0.6 is 11.3 Å². The van der Waals surface area contributed by atoms with E-state index in [1.54, 1.807) is 11.3 Å². The minimum Gasteiger partial charge on any atom is -0.274 e. The van der Waals surface area contributed by atoms with Crippen molar-refractivity contribution in [2.75, 3.05) is 0 Å². The molecule has 3 heterocycles. The van der Waals surface area contributed by atoms with E-state index in [2.05, 4.69) is 138 Å². The Morgan fingerprint density at radius 1 is 0.500 bits per heavy atom. The van der Waals surface area contributed by atoms with E-state index in [0.717, 1.165) is 27.3 Å². The first-order chi connectivity index (χ1) is 20.8. The van der Waals surface area contributed by atoms with Crippen molar-refractivity contribution in [3.8, 4) is 33.4 Å². The number of thiophene rings is 1. The largest absolute Gasteiger partial charge is 0.274 e. The Morgan fingerprint density at radius 3 is 1.81 bits per heavy atom. The predicted molar refractivity (Wildman–Crippen MR) is 177 cm³/mol. The van der Waals surface area contributed by atoms with E-state index in [0.29, 0.717) is 0 Å². The second kappa shape index (κ2) is 9.10. The standard InChI is InChI=1S/C38H23N3S/c1-3-11-24(12-4-1)34-28-15-7-8-16-29(28)35(25-13-5-2-6-14-25)32-21-26(19-20-30(32)34)27-22-39-38-40-36-31-17-9-10-18-33(31)42-37(36)41(38)23-27/h1-23H. The zero-order valence-corrected chi connectivity index (χ0v) is 23.3. The predicted octanol–water partition coefficient (Wildman–Crippen LogP) is 10.4. The van der Waals surface area contributed by atoms with Crippen LogP contribution in [0, 0.1) is 0 Å². The Labute approximate surface area is 246 Å². The van der Waals surface area contributed by atoms with Gasteiger partial charge in [0.1, 0.15) is 10.3 Å². The van der Waals surface area contributed by atoms with Crippen molar-refractivity contribution in [2.45, 2.75) is 0 Å². The molecule has 9 aromatic rings. The number of hydrogen-bond acceptors (Lipinski definition) is 3. The van der Waals surface area contributed by atoms with Crippen molar-refractivity contribution in [3.63, 3.8) is 0 Å². The number of aromatic nitrogens is 3. The lowest BCUT2D eigenvalue weighted by Gasteiger charge is -2.18. The molecule has 0 saturated carbocycles. The number of rotatable bonds is 3. The highest BCUT2D eigenvalue weighted by atomic mass is 32.1. The summed E-state index contributed by atoms with van der Waals surface area (Å²) in [5.74, 6) is 0.730. The lowest BCUT2D eigenvalue weighted by Crippen LogP contribution is -1.93. The van der Waals surface area contributed by atoms with Crippen LogP contribution in [-0.2, 0) is 0 Å². The van der Waals surface area contributed by atoms with E-state index >= 15 is 0 Å². The van der Waals surface area contributed by atoms with Crippen LogP contribution in [0.4, 0.5) is 0 Å². The summed E-state index contributed by atoms with van der Waals surface area (Å²) in [6, 6.07) is 45.6. The quantitative estimate of drug-likeness (QED) is 0.204. The minimum absolute atomic E-state index is 0.730. The molecule has 0 aliphatic heterocycles. The minimum atomic E-state index is 0.730. The van der Waals surface area contributed by atoms with Crippen molar-refractivity contribution < 1.29 is 0 Å². The van der Waals surface area contributed by atoms with Crippen LogP contribution in [0.2, 0.25) is 0 Å². The third-order valence-electron chi connectivity index (χ3n) is 8.27. The molecule has 0 amide bonds. The molecule has 0 aliphatic rings. The normalized spacial score (nSPS) is 11.8. The zero-order valence-electron chi connectivity index (χ0n) is 22.5. The molecule has 3 nitrogen and oxygen atoms in total. The Morgan fingerprint density at radius 2 is 1.10 bits per heavy atom. The monoisotopic (exact) mass is 553 g/mol. The fourth-order valence-corrected chi connectivity index (χ4v) is 7.50. The van der Waals surface area contributed by atoms with Gasteiger partial charge in [-0.05, 0) is 61.5 Å². The van der Waals surface area contributed by atoms with Gasteiger partial charge in [0, 0.05) is 28.0 Å². The summed E-state index contributed by atoms with van der Waals surface area (Å²) in [7, 11) is 0. The van der Waals surface area contributed by atoms with E-state index < -0.39 is 0 Å². The number of nitrogens with zero attached hydrogens (tertiary/aromatic N) is 3. The number of imidazole rings is 1. The molecule has 0 N–H and O–H groups in total. The summed E-state index contributed by atoms with van der Waals surface area (Å²) < 4.78 is 3.39. The topological polar surface area (TPSA) is 30.2 Å². The summed E-state index contributed by atoms with van der Waals surface area (Å²) in [6.07, 6.45) is 4.14. The first-order valence-corrected chi connectivity index (χ1v) is 14.9. The third kappa shape index (κ3) is 3.46. The molecule has 6 aromatic carbocycles. The molecular formula is C38H23N3S. The molecule has 0 spiro atoms. The molecule has 0 atom stereocenters. The Bertz CT molecular complexity index is 2460. The first kappa shape index (κ1) is 23.4. The fourth-order valence-electron chi connectivity index (χ4n) is 6.38. The fraction of sp³-hybridized carbons (Fsp3) is 0. The molecule has 4 heteroatoms. The van der Waals surface area contributed by atoms with Crippen LogP contribution in [-0.4, -0.2) is 14.4 Å². The van der Waals surface area contributed by atoms with Gasteiger partial charge in [-0.25, -0.2) is 9.97 Å². The molecule has 0 saturated heterocycles. The van der Waals surface area contributed by atoms with Gasteiger partial charge >= 0.3 is 0 Å². The second-order valence-corrected chi connectivity index (χ2v) is 11.7. The summed E-state index contributed by atoms with van der Waals surface area (Å²) in [4.78, 5) is 10.8. The van der Waals surface area contributed by atoms with Gasteiger partial charge < -0.3 is 0 Å². The highest BCUT2D eigenvalue weighted by Gasteiger charge is 2.18. The van der Waals surface area contributed by atoms with Crippen molar-refractivity contribution >= 4 is 59.1 Å². The van der Waals surface area contributed by atoms with Crippen LogP contribution < -0.4 is 0 Å². The van der Waals surface area contributed by atoms with Crippen LogP contribution in [0.3, 0.4) is 0 Å². The van der Waals surface area contributed by atoms with Gasteiger partial charge in [-0.15, -0.1) is 11.3 Å². The maximum Gasteiger partial charge on any atom is 0.235 e. The Kier molecular flexibility index (Phi) is 5.07. The number of hydrogen-bond donors (Lipinski definition) is 0. The lowest BCUT2D eigenvalue weighted by molar-refractivity contribution is 1.14. The summed E-state index contributed by atoms with van der Waals surface area (Å²) in [5.41, 5.74) is 8.17.